The van der Waals surface area contributed by atoms with Crippen molar-refractivity contribution in [1.82, 2.24) is 0 Å². The molecule has 3 nitrogen and oxygen atoms in total. The molecule has 0 bridgehead atoms. The molecule has 2 aliphatic rings. The van der Waals surface area contributed by atoms with Crippen LogP contribution in [0.15, 0.2) is 164 Å². The standard InChI is InChI=1S/C46H36N2O/c1-31-13-10-21-41-44(31)48-40-20-11-18-38(43(40)46(2,3)39-19-12-22-42(49-41)45(39)48)34-25-29-37(30-26-34)47(35-16-8-5-9-17-35)36-27-23-33(24-28-36)32-14-6-4-7-15-32/h4-30H,1-3H3. The number of fused-ring (bicyclic) bond motifs is 4. The van der Waals surface area contributed by atoms with Crippen LogP contribution in [0.2, 0.25) is 0 Å². The Bertz CT molecular complexity index is 2330. The SMILES string of the molecule is Cc1cccc2c1N1c3cccc(-c4ccc(N(c5ccccc5)c5ccc(-c6ccccc6)cc5)cc4)c3C(C)(C)c3cccc(c31)O2. The molecular formula is C46H36N2O. The highest BCUT2D eigenvalue weighted by Gasteiger charge is 2.43. The van der Waals surface area contributed by atoms with Gasteiger partial charge in [-0.2, -0.15) is 0 Å². The Morgan fingerprint density at radius 2 is 1.04 bits per heavy atom. The molecule has 0 radical (unpaired) electrons. The summed E-state index contributed by atoms with van der Waals surface area (Å²) in [5, 5.41) is 0. The lowest BCUT2D eigenvalue weighted by molar-refractivity contribution is 0.471. The molecule has 0 aromatic heterocycles. The molecule has 0 saturated heterocycles. The van der Waals surface area contributed by atoms with E-state index in [1.807, 2.05) is 0 Å². The van der Waals surface area contributed by atoms with E-state index in [1.54, 1.807) is 0 Å². The predicted molar refractivity (Wildman–Crippen MR) is 204 cm³/mol. The fourth-order valence-electron chi connectivity index (χ4n) is 7.82. The van der Waals surface area contributed by atoms with Gasteiger partial charge in [-0.25, -0.2) is 0 Å². The smallest absolute Gasteiger partial charge is 0.151 e. The van der Waals surface area contributed by atoms with Gasteiger partial charge in [-0.15, -0.1) is 0 Å². The molecule has 49 heavy (non-hydrogen) atoms. The molecular weight excluding hydrogens is 597 g/mol. The minimum atomic E-state index is -0.257. The van der Waals surface area contributed by atoms with Crippen molar-refractivity contribution < 1.29 is 4.74 Å². The second kappa shape index (κ2) is 11.3. The zero-order valence-corrected chi connectivity index (χ0v) is 27.9. The van der Waals surface area contributed by atoms with Crippen molar-refractivity contribution in [3.63, 3.8) is 0 Å². The average Bonchev–Trinajstić information content (AvgIpc) is 3.15. The largest absolute Gasteiger partial charge is 0.453 e. The molecule has 0 unspecified atom stereocenters. The maximum Gasteiger partial charge on any atom is 0.151 e. The molecule has 0 aliphatic carbocycles. The Kier molecular flexibility index (Phi) is 6.70. The van der Waals surface area contributed by atoms with Gasteiger partial charge in [0.2, 0.25) is 0 Å². The Balaban J connectivity index is 1.15. The molecule has 236 valence electrons. The molecule has 2 heterocycles. The van der Waals surface area contributed by atoms with Gasteiger partial charge in [0.25, 0.3) is 0 Å². The Labute approximate surface area is 288 Å². The summed E-state index contributed by atoms with van der Waals surface area (Å²) in [5.41, 5.74) is 15.2. The van der Waals surface area contributed by atoms with E-state index in [4.69, 9.17) is 4.74 Å². The molecule has 0 fully saturated rings. The van der Waals surface area contributed by atoms with Crippen molar-refractivity contribution >= 4 is 34.1 Å². The van der Waals surface area contributed by atoms with Gasteiger partial charge >= 0.3 is 0 Å². The first-order chi connectivity index (χ1) is 24.0. The van der Waals surface area contributed by atoms with E-state index < -0.39 is 0 Å². The molecule has 0 amide bonds. The molecule has 7 aromatic carbocycles. The van der Waals surface area contributed by atoms with E-state index in [-0.39, 0.29) is 5.41 Å². The second-order valence-electron chi connectivity index (χ2n) is 13.5. The van der Waals surface area contributed by atoms with Crippen LogP contribution >= 0.6 is 0 Å². The first-order valence-corrected chi connectivity index (χ1v) is 16.9. The normalized spacial score (nSPS) is 13.5. The van der Waals surface area contributed by atoms with Crippen LogP contribution in [0, 0.1) is 6.92 Å². The minimum Gasteiger partial charge on any atom is -0.453 e. The van der Waals surface area contributed by atoms with Crippen LogP contribution in [0.3, 0.4) is 0 Å². The van der Waals surface area contributed by atoms with E-state index in [0.29, 0.717) is 0 Å². The van der Waals surface area contributed by atoms with Crippen LogP contribution < -0.4 is 14.5 Å². The molecule has 7 aromatic rings. The third-order valence-corrected chi connectivity index (χ3v) is 10.1. The highest BCUT2D eigenvalue weighted by Crippen LogP contribution is 2.61. The van der Waals surface area contributed by atoms with Crippen LogP contribution in [0.5, 0.6) is 11.5 Å². The number of benzene rings is 7. The molecule has 9 rings (SSSR count). The van der Waals surface area contributed by atoms with Crippen molar-refractivity contribution in [3.05, 3.63) is 180 Å². The summed E-state index contributed by atoms with van der Waals surface area (Å²) in [7, 11) is 0. The lowest BCUT2D eigenvalue weighted by Gasteiger charge is -2.46. The van der Waals surface area contributed by atoms with Crippen LogP contribution in [0.25, 0.3) is 22.3 Å². The van der Waals surface area contributed by atoms with Gasteiger partial charge in [0, 0.05) is 22.5 Å². The van der Waals surface area contributed by atoms with Crippen LogP contribution in [-0.2, 0) is 5.41 Å². The zero-order chi connectivity index (χ0) is 33.1. The minimum absolute atomic E-state index is 0.257. The van der Waals surface area contributed by atoms with Gasteiger partial charge in [0.1, 0.15) is 0 Å². The predicted octanol–water partition coefficient (Wildman–Crippen LogP) is 13.0. The number of rotatable bonds is 5. The molecule has 0 saturated carbocycles. The quantitative estimate of drug-likeness (QED) is 0.188. The van der Waals surface area contributed by atoms with Crippen molar-refractivity contribution in [3.8, 4) is 33.8 Å². The van der Waals surface area contributed by atoms with Gasteiger partial charge in [-0.05, 0) is 100 Å². The second-order valence-corrected chi connectivity index (χ2v) is 13.5. The Hall–Kier alpha value is -6.06. The van der Waals surface area contributed by atoms with E-state index in [0.717, 1.165) is 39.9 Å². The monoisotopic (exact) mass is 632 g/mol. The van der Waals surface area contributed by atoms with Crippen LogP contribution in [-0.4, -0.2) is 0 Å². The number of hydrogen-bond donors (Lipinski definition) is 0. The van der Waals surface area contributed by atoms with Gasteiger partial charge in [-0.3, -0.25) is 0 Å². The Morgan fingerprint density at radius 1 is 0.490 bits per heavy atom. The van der Waals surface area contributed by atoms with Gasteiger partial charge in [0.05, 0.1) is 17.1 Å². The number of aryl methyl sites for hydroxylation is 1. The third-order valence-electron chi connectivity index (χ3n) is 10.1. The first kappa shape index (κ1) is 29.1. The Morgan fingerprint density at radius 3 is 1.73 bits per heavy atom. The van der Waals surface area contributed by atoms with Crippen LogP contribution in [0.4, 0.5) is 34.1 Å². The molecule has 0 N–H and O–H groups in total. The maximum atomic E-state index is 6.52. The summed E-state index contributed by atoms with van der Waals surface area (Å²) in [6.07, 6.45) is 0. The number of hydrogen-bond acceptors (Lipinski definition) is 3. The lowest BCUT2D eigenvalue weighted by atomic mass is 9.70. The van der Waals surface area contributed by atoms with E-state index in [1.165, 1.54) is 44.6 Å². The fraction of sp³-hybridized carbons (Fsp3) is 0.0870. The van der Waals surface area contributed by atoms with E-state index in [9.17, 15) is 0 Å². The topological polar surface area (TPSA) is 15.7 Å². The lowest BCUT2D eigenvalue weighted by Crippen LogP contribution is -2.33. The number of ether oxygens (including phenoxy) is 1. The highest BCUT2D eigenvalue weighted by molar-refractivity contribution is 5.97. The van der Waals surface area contributed by atoms with E-state index >= 15 is 0 Å². The number of anilines is 6. The van der Waals surface area contributed by atoms with Gasteiger partial charge in [0.15, 0.2) is 11.5 Å². The molecule has 0 atom stereocenters. The van der Waals surface area contributed by atoms with Crippen molar-refractivity contribution in [2.75, 3.05) is 9.80 Å². The molecule has 3 heteroatoms. The van der Waals surface area contributed by atoms with Gasteiger partial charge < -0.3 is 14.5 Å². The van der Waals surface area contributed by atoms with Crippen LogP contribution in [0.1, 0.15) is 30.5 Å². The van der Waals surface area contributed by atoms with E-state index in [2.05, 4.69) is 194 Å². The number of para-hydroxylation sites is 3. The third kappa shape index (κ3) is 4.65. The molecule has 0 spiro atoms. The van der Waals surface area contributed by atoms with Crippen molar-refractivity contribution in [2.45, 2.75) is 26.2 Å². The summed E-state index contributed by atoms with van der Waals surface area (Å²) in [6.45, 7) is 6.87. The summed E-state index contributed by atoms with van der Waals surface area (Å²) in [4.78, 5) is 4.77. The maximum absolute atomic E-state index is 6.52. The number of nitrogens with zero attached hydrogens (tertiary/aromatic N) is 2. The summed E-state index contributed by atoms with van der Waals surface area (Å²) in [6, 6.07) is 58.6. The summed E-state index contributed by atoms with van der Waals surface area (Å²) < 4.78 is 6.52. The fourth-order valence-corrected chi connectivity index (χ4v) is 7.82. The highest BCUT2D eigenvalue weighted by atomic mass is 16.5. The molecule has 2 aliphatic heterocycles. The first-order valence-electron chi connectivity index (χ1n) is 16.9. The van der Waals surface area contributed by atoms with Gasteiger partial charge in [-0.1, -0.05) is 123 Å². The van der Waals surface area contributed by atoms with Crippen molar-refractivity contribution in [2.24, 2.45) is 0 Å². The summed E-state index contributed by atoms with van der Waals surface area (Å²) in [5.74, 6) is 1.80. The average molecular weight is 633 g/mol. The van der Waals surface area contributed by atoms with Crippen molar-refractivity contribution in [1.29, 1.82) is 0 Å². The summed E-state index contributed by atoms with van der Waals surface area (Å²) >= 11 is 0. The zero-order valence-electron chi connectivity index (χ0n) is 27.9.